The Balaban J connectivity index is 2.99. The van der Waals surface area contributed by atoms with Gasteiger partial charge in [-0.15, -0.1) is 0 Å². The molecule has 0 saturated carbocycles. The van der Waals surface area contributed by atoms with E-state index in [0.717, 1.165) is 0 Å². The normalized spacial score (nSPS) is 13.9. The molecule has 1 rings (SSSR count). The van der Waals surface area contributed by atoms with Crippen molar-refractivity contribution >= 4 is 35.1 Å². The first kappa shape index (κ1) is 16.8. The zero-order chi connectivity index (χ0) is 15.5. The van der Waals surface area contributed by atoms with E-state index in [2.05, 4.69) is 5.32 Å². The first-order valence-electron chi connectivity index (χ1n) is 6.15. The third-order valence-corrected chi connectivity index (χ3v) is 3.92. The van der Waals surface area contributed by atoms with Crippen molar-refractivity contribution in [3.8, 4) is 0 Å². The first-order chi connectivity index (χ1) is 9.15. The van der Waals surface area contributed by atoms with Crippen molar-refractivity contribution in [2.75, 3.05) is 0 Å². The van der Waals surface area contributed by atoms with E-state index in [-0.39, 0.29) is 22.9 Å². The molecule has 1 atom stereocenters. The number of benzene rings is 1. The fraction of sp³-hybridized carbons (Fsp3) is 0.429. The zero-order valence-electron chi connectivity index (χ0n) is 11.5. The number of aliphatic carboxylic acids is 1. The monoisotopic (exact) mass is 317 g/mol. The summed E-state index contributed by atoms with van der Waals surface area (Å²) < 4.78 is 0. The van der Waals surface area contributed by atoms with Gasteiger partial charge in [-0.25, -0.2) is 0 Å². The average Bonchev–Trinajstić information content (AvgIpc) is 2.26. The molecule has 110 valence electrons. The lowest BCUT2D eigenvalue weighted by Gasteiger charge is -2.33. The number of amides is 1. The summed E-state index contributed by atoms with van der Waals surface area (Å²) in [6, 6.07) is 4.55. The molecule has 0 bridgehead atoms. The first-order valence-corrected chi connectivity index (χ1v) is 6.90. The van der Waals surface area contributed by atoms with Crippen LogP contribution in [0.2, 0.25) is 10.0 Å². The summed E-state index contributed by atoms with van der Waals surface area (Å²) in [4.78, 5) is 23.2. The molecule has 0 spiro atoms. The molecule has 0 aliphatic rings. The topological polar surface area (TPSA) is 66.4 Å². The van der Waals surface area contributed by atoms with Crippen LogP contribution in [0.5, 0.6) is 0 Å². The predicted molar refractivity (Wildman–Crippen MR) is 79.4 cm³/mol. The largest absolute Gasteiger partial charge is 0.481 e. The Labute approximate surface area is 128 Å². The third kappa shape index (κ3) is 4.12. The van der Waals surface area contributed by atoms with Crippen molar-refractivity contribution in [1.29, 1.82) is 0 Å². The molecule has 1 aromatic rings. The predicted octanol–water partition coefficient (Wildman–Crippen LogP) is 3.61. The molecule has 0 heterocycles. The van der Waals surface area contributed by atoms with Crippen LogP contribution in [-0.2, 0) is 4.79 Å². The van der Waals surface area contributed by atoms with Crippen LogP contribution >= 0.6 is 23.2 Å². The molecule has 0 aliphatic carbocycles. The van der Waals surface area contributed by atoms with E-state index >= 15 is 0 Å². The Morgan fingerprint density at radius 2 is 1.95 bits per heavy atom. The third-order valence-electron chi connectivity index (χ3n) is 3.37. The van der Waals surface area contributed by atoms with Gasteiger partial charge in [-0.05, 0) is 31.0 Å². The SMILES string of the molecule is CC(C)C(C)(CC(=O)O)NC(=O)c1ccc(Cl)cc1Cl. The molecule has 0 saturated heterocycles. The second-order valence-corrected chi connectivity index (χ2v) is 6.06. The molecule has 6 heteroatoms. The van der Waals surface area contributed by atoms with E-state index in [1.165, 1.54) is 12.1 Å². The highest BCUT2D eigenvalue weighted by molar-refractivity contribution is 6.36. The molecular weight excluding hydrogens is 301 g/mol. The molecular formula is C14H17Cl2NO3. The van der Waals surface area contributed by atoms with Crippen LogP contribution in [0.1, 0.15) is 37.6 Å². The van der Waals surface area contributed by atoms with Gasteiger partial charge in [0.05, 0.1) is 22.5 Å². The van der Waals surface area contributed by atoms with Gasteiger partial charge in [0.15, 0.2) is 0 Å². The van der Waals surface area contributed by atoms with Crippen molar-refractivity contribution in [2.24, 2.45) is 5.92 Å². The number of carboxylic acid groups (broad SMARTS) is 1. The van der Waals surface area contributed by atoms with Gasteiger partial charge in [0.2, 0.25) is 0 Å². The summed E-state index contributed by atoms with van der Waals surface area (Å²) in [5.41, 5.74) is -0.584. The van der Waals surface area contributed by atoms with Crippen LogP contribution in [0.4, 0.5) is 0 Å². The summed E-state index contributed by atoms with van der Waals surface area (Å²) >= 11 is 11.8. The van der Waals surface area contributed by atoms with Gasteiger partial charge in [0, 0.05) is 5.02 Å². The molecule has 1 unspecified atom stereocenters. The van der Waals surface area contributed by atoms with Crippen molar-refractivity contribution < 1.29 is 14.7 Å². The number of carbonyl (C=O) groups excluding carboxylic acids is 1. The van der Waals surface area contributed by atoms with E-state index in [0.29, 0.717) is 5.02 Å². The quantitative estimate of drug-likeness (QED) is 0.871. The van der Waals surface area contributed by atoms with Gasteiger partial charge in [0.25, 0.3) is 5.91 Å². The highest BCUT2D eigenvalue weighted by Crippen LogP contribution is 2.25. The zero-order valence-corrected chi connectivity index (χ0v) is 13.0. The Hall–Kier alpha value is -1.26. The fourth-order valence-electron chi connectivity index (χ4n) is 1.71. The average molecular weight is 318 g/mol. The van der Waals surface area contributed by atoms with Gasteiger partial charge in [0.1, 0.15) is 0 Å². The number of hydrogen-bond donors (Lipinski definition) is 2. The minimum atomic E-state index is -0.969. The highest BCUT2D eigenvalue weighted by atomic mass is 35.5. The summed E-state index contributed by atoms with van der Waals surface area (Å²) in [6.45, 7) is 5.41. The summed E-state index contributed by atoms with van der Waals surface area (Å²) in [6.07, 6.45) is -0.165. The molecule has 20 heavy (non-hydrogen) atoms. The number of nitrogens with one attached hydrogen (secondary N) is 1. The maximum absolute atomic E-state index is 12.2. The Morgan fingerprint density at radius 1 is 1.35 bits per heavy atom. The van der Waals surface area contributed by atoms with E-state index < -0.39 is 17.4 Å². The Kier molecular flexibility index (Phi) is 5.42. The lowest BCUT2D eigenvalue weighted by molar-refractivity contribution is -0.138. The molecule has 0 radical (unpaired) electrons. The Bertz CT molecular complexity index is 531. The Morgan fingerprint density at radius 3 is 2.40 bits per heavy atom. The van der Waals surface area contributed by atoms with Crippen molar-refractivity contribution in [3.63, 3.8) is 0 Å². The van der Waals surface area contributed by atoms with Crippen LogP contribution in [0.3, 0.4) is 0 Å². The molecule has 1 aromatic carbocycles. The van der Waals surface area contributed by atoms with Crippen LogP contribution in [0.15, 0.2) is 18.2 Å². The molecule has 2 N–H and O–H groups in total. The van der Waals surface area contributed by atoms with Crippen molar-refractivity contribution in [2.45, 2.75) is 32.7 Å². The van der Waals surface area contributed by atoms with Crippen LogP contribution < -0.4 is 5.32 Å². The highest BCUT2D eigenvalue weighted by Gasteiger charge is 2.33. The lowest BCUT2D eigenvalue weighted by Crippen LogP contribution is -2.51. The van der Waals surface area contributed by atoms with Crippen LogP contribution in [-0.4, -0.2) is 22.5 Å². The summed E-state index contributed by atoms with van der Waals surface area (Å²) in [5, 5.41) is 12.4. The van der Waals surface area contributed by atoms with Gasteiger partial charge in [-0.1, -0.05) is 37.0 Å². The summed E-state index contributed by atoms with van der Waals surface area (Å²) in [5.74, 6) is -1.43. The van der Waals surface area contributed by atoms with Crippen LogP contribution in [0.25, 0.3) is 0 Å². The van der Waals surface area contributed by atoms with E-state index in [1.54, 1.807) is 13.0 Å². The number of hydrogen-bond acceptors (Lipinski definition) is 2. The number of carbonyl (C=O) groups is 2. The van der Waals surface area contributed by atoms with Crippen LogP contribution in [0, 0.1) is 5.92 Å². The van der Waals surface area contributed by atoms with Gasteiger partial charge in [-0.3, -0.25) is 9.59 Å². The maximum atomic E-state index is 12.2. The second-order valence-electron chi connectivity index (χ2n) is 5.22. The van der Waals surface area contributed by atoms with Gasteiger partial charge < -0.3 is 10.4 Å². The van der Waals surface area contributed by atoms with E-state index in [9.17, 15) is 9.59 Å². The number of carboxylic acids is 1. The lowest BCUT2D eigenvalue weighted by atomic mass is 9.85. The molecule has 0 fully saturated rings. The van der Waals surface area contributed by atoms with Gasteiger partial charge >= 0.3 is 5.97 Å². The minimum absolute atomic E-state index is 0.0476. The van der Waals surface area contributed by atoms with Gasteiger partial charge in [-0.2, -0.15) is 0 Å². The van der Waals surface area contributed by atoms with E-state index in [4.69, 9.17) is 28.3 Å². The second kappa shape index (κ2) is 6.46. The summed E-state index contributed by atoms with van der Waals surface area (Å²) in [7, 11) is 0. The van der Waals surface area contributed by atoms with E-state index in [1.807, 2.05) is 13.8 Å². The standard InChI is InChI=1S/C14H17Cl2NO3/c1-8(2)14(3,7-12(18)19)17-13(20)10-5-4-9(15)6-11(10)16/h4-6,8H,7H2,1-3H3,(H,17,20)(H,18,19). The number of halogens is 2. The maximum Gasteiger partial charge on any atom is 0.305 e. The smallest absolute Gasteiger partial charge is 0.305 e. The molecule has 0 aromatic heterocycles. The number of rotatable bonds is 5. The molecule has 1 amide bonds. The fourth-order valence-corrected chi connectivity index (χ4v) is 2.20. The molecule has 0 aliphatic heterocycles. The van der Waals surface area contributed by atoms with Crippen molar-refractivity contribution in [3.05, 3.63) is 33.8 Å². The minimum Gasteiger partial charge on any atom is -0.481 e. The molecule has 4 nitrogen and oxygen atoms in total. The van der Waals surface area contributed by atoms with Crippen molar-refractivity contribution in [1.82, 2.24) is 5.32 Å².